The van der Waals surface area contributed by atoms with E-state index in [0.717, 1.165) is 37.6 Å². The first-order valence-electron chi connectivity index (χ1n) is 13.1. The third-order valence-electron chi connectivity index (χ3n) is 7.89. The van der Waals surface area contributed by atoms with Crippen molar-refractivity contribution in [2.75, 3.05) is 24.6 Å². The van der Waals surface area contributed by atoms with Crippen LogP contribution in [0.5, 0.6) is 0 Å². The Balaban J connectivity index is 1.12. The number of hydrogen-bond donors (Lipinski definition) is 1. The monoisotopic (exact) mass is 543 g/mol. The number of nitrogens with zero attached hydrogens (tertiary/aromatic N) is 3. The smallest absolute Gasteiger partial charge is 0.417 e. The minimum absolute atomic E-state index is 0.00392. The molecule has 2 saturated heterocycles. The molecule has 3 aliphatic rings. The van der Waals surface area contributed by atoms with Gasteiger partial charge in [0.1, 0.15) is 17.3 Å². The van der Waals surface area contributed by atoms with Gasteiger partial charge in [-0.25, -0.2) is 9.78 Å². The Morgan fingerprint density at radius 1 is 1.15 bits per heavy atom. The van der Waals surface area contributed by atoms with Gasteiger partial charge in [-0.05, 0) is 43.9 Å². The molecule has 2 aromatic heterocycles. The third kappa shape index (κ3) is 5.25. The molecule has 206 valence electrons. The van der Waals surface area contributed by atoms with E-state index < -0.39 is 17.7 Å². The van der Waals surface area contributed by atoms with Gasteiger partial charge in [0, 0.05) is 42.8 Å². The number of aromatic nitrogens is 2. The molecule has 3 fully saturated rings. The van der Waals surface area contributed by atoms with Gasteiger partial charge in [0.15, 0.2) is 0 Å². The number of carbonyl (C=O) groups is 1. The second-order valence-corrected chi connectivity index (χ2v) is 10.5. The van der Waals surface area contributed by atoms with E-state index in [0.29, 0.717) is 37.4 Å². The number of carboxylic acid groups (broad SMARTS) is 1. The average Bonchev–Trinajstić information content (AvgIpc) is 3.57. The van der Waals surface area contributed by atoms with Crippen molar-refractivity contribution in [3.8, 4) is 11.3 Å². The molecule has 1 N–H and O–H groups in total. The van der Waals surface area contributed by atoms with Crippen molar-refractivity contribution in [3.63, 3.8) is 0 Å². The molecule has 11 heteroatoms. The fraction of sp³-hybridized carbons (Fsp3) is 0.464. The lowest BCUT2D eigenvalue weighted by Gasteiger charge is -2.39. The van der Waals surface area contributed by atoms with E-state index in [1.165, 1.54) is 18.3 Å². The van der Waals surface area contributed by atoms with Crippen LogP contribution in [0.4, 0.5) is 19.0 Å². The van der Waals surface area contributed by atoms with Crippen LogP contribution in [0.3, 0.4) is 0 Å². The maximum absolute atomic E-state index is 13.7. The minimum Gasteiger partial charge on any atom is -0.478 e. The highest BCUT2D eigenvalue weighted by molar-refractivity contribution is 5.87. The van der Waals surface area contributed by atoms with Crippen LogP contribution in [0.2, 0.25) is 0 Å². The summed E-state index contributed by atoms with van der Waals surface area (Å²) >= 11 is 0. The van der Waals surface area contributed by atoms with Gasteiger partial charge in [0.2, 0.25) is 0 Å². The van der Waals surface area contributed by atoms with E-state index >= 15 is 0 Å². The molecule has 1 saturated carbocycles. The lowest BCUT2D eigenvalue weighted by molar-refractivity contribution is -0.137. The van der Waals surface area contributed by atoms with Crippen molar-refractivity contribution in [1.82, 2.24) is 10.1 Å². The number of halogens is 3. The standard InChI is InChI=1S/C28H28F3N3O5/c29-28(30,31)22-4-2-1-3-20(22)24-21(25(39-33-24)17-5-6-17)16-37-19-13-27(38-15-19)9-11-34(12-10-27)23-8-7-18(14-32-23)26(35)36/h1-4,7-8,14,17,19H,5-6,9-13,15-16H2,(H,35,36). The fourth-order valence-corrected chi connectivity index (χ4v) is 5.58. The lowest BCUT2D eigenvalue weighted by Crippen LogP contribution is -2.44. The van der Waals surface area contributed by atoms with Gasteiger partial charge >= 0.3 is 12.1 Å². The molecular weight excluding hydrogens is 515 g/mol. The number of anilines is 1. The lowest BCUT2D eigenvalue weighted by atomic mass is 9.88. The third-order valence-corrected chi connectivity index (χ3v) is 7.89. The van der Waals surface area contributed by atoms with Gasteiger partial charge in [-0.1, -0.05) is 23.4 Å². The van der Waals surface area contributed by atoms with Gasteiger partial charge in [-0.15, -0.1) is 0 Å². The predicted octanol–water partition coefficient (Wildman–Crippen LogP) is 5.68. The topological polar surface area (TPSA) is 97.9 Å². The highest BCUT2D eigenvalue weighted by Crippen LogP contribution is 2.46. The average molecular weight is 544 g/mol. The van der Waals surface area contributed by atoms with Crippen molar-refractivity contribution >= 4 is 11.8 Å². The van der Waals surface area contributed by atoms with Crippen LogP contribution < -0.4 is 4.90 Å². The van der Waals surface area contributed by atoms with E-state index in [9.17, 15) is 18.0 Å². The molecule has 2 aliphatic heterocycles. The number of hydrogen-bond acceptors (Lipinski definition) is 7. The molecule has 1 aromatic carbocycles. The molecule has 1 aliphatic carbocycles. The number of carboxylic acids is 1. The van der Waals surface area contributed by atoms with Crippen LogP contribution >= 0.6 is 0 Å². The van der Waals surface area contributed by atoms with E-state index in [4.69, 9.17) is 19.1 Å². The summed E-state index contributed by atoms with van der Waals surface area (Å²) in [6, 6.07) is 8.68. The molecule has 1 atom stereocenters. The molecule has 1 spiro atoms. The summed E-state index contributed by atoms with van der Waals surface area (Å²) in [7, 11) is 0. The zero-order valence-corrected chi connectivity index (χ0v) is 21.1. The van der Waals surface area contributed by atoms with E-state index in [-0.39, 0.29) is 41.1 Å². The summed E-state index contributed by atoms with van der Waals surface area (Å²) in [5.74, 6) is 0.499. The molecule has 8 nitrogen and oxygen atoms in total. The molecule has 0 amide bonds. The molecule has 1 unspecified atom stereocenters. The van der Waals surface area contributed by atoms with Crippen molar-refractivity contribution in [2.45, 2.75) is 62.5 Å². The Kier molecular flexibility index (Phi) is 6.58. The maximum Gasteiger partial charge on any atom is 0.417 e. The van der Waals surface area contributed by atoms with E-state index in [1.807, 2.05) is 0 Å². The Morgan fingerprint density at radius 2 is 1.92 bits per heavy atom. The zero-order valence-electron chi connectivity index (χ0n) is 21.1. The molecule has 4 heterocycles. The maximum atomic E-state index is 13.7. The van der Waals surface area contributed by atoms with Crippen molar-refractivity contribution in [1.29, 1.82) is 0 Å². The Morgan fingerprint density at radius 3 is 2.59 bits per heavy atom. The Hall–Kier alpha value is -3.44. The quantitative estimate of drug-likeness (QED) is 0.407. The van der Waals surface area contributed by atoms with Crippen molar-refractivity contribution in [2.24, 2.45) is 0 Å². The van der Waals surface area contributed by atoms with E-state index in [2.05, 4.69) is 15.0 Å². The summed E-state index contributed by atoms with van der Waals surface area (Å²) < 4.78 is 59.2. The SMILES string of the molecule is O=C(O)c1ccc(N2CCC3(CC2)CC(OCc2c(-c4ccccc4C(F)(F)F)noc2C2CC2)CO3)nc1. The van der Waals surface area contributed by atoms with Crippen LogP contribution in [0.25, 0.3) is 11.3 Å². The molecular formula is C28H28F3N3O5. The fourth-order valence-electron chi connectivity index (χ4n) is 5.58. The highest BCUT2D eigenvalue weighted by Gasteiger charge is 2.44. The summed E-state index contributed by atoms with van der Waals surface area (Å²) in [6.45, 7) is 1.93. The zero-order chi connectivity index (χ0) is 27.2. The number of rotatable bonds is 7. The summed E-state index contributed by atoms with van der Waals surface area (Å²) in [6.07, 6.45) is 0.703. The molecule has 39 heavy (non-hydrogen) atoms. The van der Waals surface area contributed by atoms with Crippen LogP contribution in [-0.2, 0) is 22.3 Å². The van der Waals surface area contributed by atoms with Crippen molar-refractivity contribution < 1.29 is 37.1 Å². The number of ether oxygens (including phenoxy) is 2. The van der Waals surface area contributed by atoms with Crippen LogP contribution in [-0.4, -0.2) is 52.6 Å². The van der Waals surface area contributed by atoms with Gasteiger partial charge in [-0.2, -0.15) is 13.2 Å². The molecule has 6 rings (SSSR count). The summed E-state index contributed by atoms with van der Waals surface area (Å²) in [5.41, 5.74) is -0.162. The summed E-state index contributed by atoms with van der Waals surface area (Å²) in [5, 5.41) is 13.2. The second-order valence-electron chi connectivity index (χ2n) is 10.5. The number of pyridine rings is 1. The van der Waals surface area contributed by atoms with Crippen LogP contribution in [0.1, 0.15) is 65.3 Å². The molecule has 0 radical (unpaired) electrons. The van der Waals surface area contributed by atoms with Crippen LogP contribution in [0.15, 0.2) is 47.1 Å². The number of piperidine rings is 1. The first-order valence-corrected chi connectivity index (χ1v) is 13.1. The number of alkyl halides is 3. The normalized spacial score (nSPS) is 21.0. The number of aromatic carboxylic acids is 1. The van der Waals surface area contributed by atoms with Gasteiger partial charge < -0.3 is 24.0 Å². The predicted molar refractivity (Wildman–Crippen MR) is 133 cm³/mol. The molecule has 0 bridgehead atoms. The minimum atomic E-state index is -4.51. The number of benzene rings is 1. The second kappa shape index (κ2) is 9.95. The summed E-state index contributed by atoms with van der Waals surface area (Å²) in [4.78, 5) is 17.5. The van der Waals surface area contributed by atoms with Gasteiger partial charge in [0.25, 0.3) is 0 Å². The highest BCUT2D eigenvalue weighted by atomic mass is 19.4. The van der Waals surface area contributed by atoms with E-state index in [1.54, 1.807) is 18.2 Å². The van der Waals surface area contributed by atoms with Crippen LogP contribution in [0, 0.1) is 0 Å². The first-order chi connectivity index (χ1) is 18.7. The largest absolute Gasteiger partial charge is 0.478 e. The first kappa shape index (κ1) is 25.8. The van der Waals surface area contributed by atoms with Crippen molar-refractivity contribution in [3.05, 3.63) is 65.0 Å². The Bertz CT molecular complexity index is 1350. The Labute approximate surface area is 222 Å². The van der Waals surface area contributed by atoms with Gasteiger partial charge in [0.05, 0.1) is 36.0 Å². The molecule has 3 aromatic rings. The van der Waals surface area contributed by atoms with Gasteiger partial charge in [-0.3, -0.25) is 0 Å².